The van der Waals surface area contributed by atoms with Crippen LogP contribution in [0.2, 0.25) is 0 Å². The Morgan fingerprint density at radius 2 is 1.70 bits per heavy atom. The number of halogens is 1. The fourth-order valence-electron chi connectivity index (χ4n) is 2.86. The molecule has 1 atom stereocenters. The van der Waals surface area contributed by atoms with Crippen molar-refractivity contribution in [1.29, 1.82) is 0 Å². The van der Waals surface area contributed by atoms with Crippen LogP contribution in [0, 0.1) is 5.82 Å². The number of anilines is 1. The predicted octanol–water partition coefficient (Wildman–Crippen LogP) is 3.35. The lowest BCUT2D eigenvalue weighted by Gasteiger charge is -2.11. The molecule has 2 aromatic rings. The van der Waals surface area contributed by atoms with Crippen LogP contribution in [0.15, 0.2) is 58.3 Å². The van der Waals surface area contributed by atoms with E-state index in [1.807, 2.05) is 0 Å². The Hall–Kier alpha value is -2.45. The number of carbonyl (C=O) groups is 1. The molecule has 27 heavy (non-hydrogen) atoms. The van der Waals surface area contributed by atoms with Crippen LogP contribution in [0.3, 0.4) is 0 Å². The van der Waals surface area contributed by atoms with Gasteiger partial charge in [-0.3, -0.25) is 0 Å². The minimum atomic E-state index is -3.73. The maximum absolute atomic E-state index is 13.0. The van der Waals surface area contributed by atoms with Gasteiger partial charge in [0.15, 0.2) is 0 Å². The highest BCUT2D eigenvalue weighted by Gasteiger charge is 2.18. The van der Waals surface area contributed by atoms with Crippen molar-refractivity contribution in [3.63, 3.8) is 0 Å². The molecule has 0 bridgehead atoms. The normalized spacial score (nSPS) is 16.9. The van der Waals surface area contributed by atoms with Gasteiger partial charge in [0, 0.05) is 18.8 Å². The molecule has 1 aliphatic rings. The number of urea groups is 1. The molecule has 1 aliphatic heterocycles. The first-order valence-electron chi connectivity index (χ1n) is 8.72. The summed E-state index contributed by atoms with van der Waals surface area (Å²) < 4.78 is 43.5. The van der Waals surface area contributed by atoms with Gasteiger partial charge in [0.25, 0.3) is 0 Å². The number of benzene rings is 2. The fourth-order valence-corrected chi connectivity index (χ4v) is 4.12. The quantitative estimate of drug-likeness (QED) is 0.739. The molecule has 1 heterocycles. The monoisotopic (exact) mass is 392 g/mol. The number of carbonyl (C=O) groups excluding carboxylic acids is 1. The molecular weight excluding hydrogens is 371 g/mol. The van der Waals surface area contributed by atoms with Gasteiger partial charge in [-0.05, 0) is 67.8 Å². The number of rotatable bonds is 6. The first-order valence-corrected chi connectivity index (χ1v) is 10.2. The molecule has 144 valence electrons. The summed E-state index contributed by atoms with van der Waals surface area (Å²) in [6.07, 6.45) is 3.06. The van der Waals surface area contributed by atoms with Gasteiger partial charge in [-0.2, -0.15) is 0 Å². The van der Waals surface area contributed by atoms with Crippen molar-refractivity contribution in [3.05, 3.63) is 54.3 Å². The van der Waals surface area contributed by atoms with Gasteiger partial charge in [-0.1, -0.05) is 0 Å². The highest BCUT2D eigenvalue weighted by Crippen LogP contribution is 2.22. The van der Waals surface area contributed by atoms with Crippen LogP contribution >= 0.6 is 0 Å². The van der Waals surface area contributed by atoms with Gasteiger partial charge < -0.3 is 15.4 Å². The summed E-state index contributed by atoms with van der Waals surface area (Å²) in [7, 11) is -3.73. The third kappa shape index (κ3) is 5.05. The minimum Gasteiger partial charge on any atom is -0.378 e. The van der Waals surface area contributed by atoms with E-state index in [2.05, 4.69) is 10.6 Å². The van der Waals surface area contributed by atoms with Crippen molar-refractivity contribution in [2.45, 2.75) is 35.2 Å². The van der Waals surface area contributed by atoms with Gasteiger partial charge in [-0.25, -0.2) is 17.6 Å². The smallest absolute Gasteiger partial charge is 0.319 e. The largest absolute Gasteiger partial charge is 0.378 e. The zero-order chi connectivity index (χ0) is 19.3. The van der Waals surface area contributed by atoms with Crippen LogP contribution in [0.4, 0.5) is 14.9 Å². The molecule has 0 saturated carbocycles. The van der Waals surface area contributed by atoms with Crippen molar-refractivity contribution in [3.8, 4) is 0 Å². The average molecular weight is 392 g/mol. The molecule has 2 amide bonds. The molecule has 0 radical (unpaired) electrons. The zero-order valence-electron chi connectivity index (χ0n) is 14.7. The summed E-state index contributed by atoms with van der Waals surface area (Å²) in [4.78, 5) is 12.0. The molecule has 3 rings (SSSR count). The van der Waals surface area contributed by atoms with Crippen molar-refractivity contribution < 1.29 is 22.3 Å². The Labute approximate surface area is 157 Å². The van der Waals surface area contributed by atoms with Gasteiger partial charge in [-0.15, -0.1) is 0 Å². The standard InChI is InChI=1S/C19H21FN2O4S/c20-14-3-7-17(8-4-14)27(24,25)18-9-5-15(6-10-18)22-19(23)21-12-11-16-2-1-13-26-16/h3-10,16H,1-2,11-13H2,(H2,21,22,23)/t16-/m0/s1. The molecule has 0 aromatic heterocycles. The van der Waals surface area contributed by atoms with Gasteiger partial charge in [0.1, 0.15) is 5.82 Å². The Morgan fingerprint density at radius 3 is 2.30 bits per heavy atom. The summed E-state index contributed by atoms with van der Waals surface area (Å²) in [5.41, 5.74) is 0.475. The molecule has 1 saturated heterocycles. The molecule has 2 aromatic carbocycles. The summed E-state index contributed by atoms with van der Waals surface area (Å²) in [6, 6.07) is 10.1. The first-order chi connectivity index (χ1) is 12.9. The van der Waals surface area contributed by atoms with E-state index in [-0.39, 0.29) is 21.9 Å². The number of nitrogens with one attached hydrogen (secondary N) is 2. The second-order valence-corrected chi connectivity index (χ2v) is 8.24. The maximum atomic E-state index is 13.0. The van der Waals surface area contributed by atoms with Crippen molar-refractivity contribution in [2.24, 2.45) is 0 Å². The number of hydrogen-bond donors (Lipinski definition) is 2. The van der Waals surface area contributed by atoms with Crippen LogP contribution in [0.1, 0.15) is 19.3 Å². The molecule has 0 spiro atoms. The van der Waals surface area contributed by atoms with Crippen LogP contribution in [-0.2, 0) is 14.6 Å². The topological polar surface area (TPSA) is 84.5 Å². The highest BCUT2D eigenvalue weighted by molar-refractivity contribution is 7.91. The molecule has 0 unspecified atom stereocenters. The van der Waals surface area contributed by atoms with Gasteiger partial charge in [0.05, 0.1) is 15.9 Å². The van der Waals surface area contributed by atoms with Crippen LogP contribution < -0.4 is 10.6 Å². The number of amides is 2. The Kier molecular flexibility index (Phi) is 6.08. The Bertz CT molecular complexity index is 877. The Morgan fingerprint density at radius 1 is 1.07 bits per heavy atom. The third-order valence-corrected chi connectivity index (χ3v) is 6.11. The molecular formula is C19H21FN2O4S. The Balaban J connectivity index is 1.56. The first kappa shape index (κ1) is 19.3. The van der Waals surface area contributed by atoms with E-state index < -0.39 is 15.7 Å². The number of ether oxygens (including phenoxy) is 1. The number of sulfone groups is 1. The van der Waals surface area contributed by atoms with Gasteiger partial charge in [0.2, 0.25) is 9.84 Å². The lowest BCUT2D eigenvalue weighted by molar-refractivity contribution is 0.105. The van der Waals surface area contributed by atoms with E-state index >= 15 is 0 Å². The van der Waals surface area contributed by atoms with E-state index in [1.165, 1.54) is 36.4 Å². The summed E-state index contributed by atoms with van der Waals surface area (Å²) in [5.74, 6) is -0.501. The lowest BCUT2D eigenvalue weighted by Crippen LogP contribution is -2.31. The summed E-state index contributed by atoms with van der Waals surface area (Å²) >= 11 is 0. The summed E-state index contributed by atoms with van der Waals surface area (Å²) in [6.45, 7) is 1.29. The zero-order valence-corrected chi connectivity index (χ0v) is 15.5. The average Bonchev–Trinajstić information content (AvgIpc) is 3.16. The number of hydrogen-bond acceptors (Lipinski definition) is 4. The predicted molar refractivity (Wildman–Crippen MR) is 98.9 cm³/mol. The van der Waals surface area contributed by atoms with E-state index in [4.69, 9.17) is 4.74 Å². The maximum Gasteiger partial charge on any atom is 0.319 e. The van der Waals surface area contributed by atoms with Crippen molar-refractivity contribution in [2.75, 3.05) is 18.5 Å². The van der Waals surface area contributed by atoms with Crippen molar-refractivity contribution >= 4 is 21.6 Å². The van der Waals surface area contributed by atoms with Crippen LogP contribution in [0.5, 0.6) is 0 Å². The molecule has 2 N–H and O–H groups in total. The molecule has 6 nitrogen and oxygen atoms in total. The van der Waals surface area contributed by atoms with E-state index in [9.17, 15) is 17.6 Å². The fraction of sp³-hybridized carbons (Fsp3) is 0.316. The molecule has 0 aliphatic carbocycles. The third-order valence-electron chi connectivity index (χ3n) is 4.32. The second-order valence-electron chi connectivity index (χ2n) is 6.29. The minimum absolute atomic E-state index is 0.0106. The van der Waals surface area contributed by atoms with Gasteiger partial charge >= 0.3 is 6.03 Å². The molecule has 1 fully saturated rings. The van der Waals surface area contributed by atoms with E-state index in [1.54, 1.807) is 0 Å². The SMILES string of the molecule is O=C(NCC[C@@H]1CCCO1)Nc1ccc(S(=O)(=O)c2ccc(F)cc2)cc1. The highest BCUT2D eigenvalue weighted by atomic mass is 32.2. The van der Waals surface area contributed by atoms with E-state index in [0.717, 1.165) is 38.0 Å². The van der Waals surface area contributed by atoms with Crippen LogP contribution in [-0.4, -0.2) is 33.7 Å². The van der Waals surface area contributed by atoms with Crippen LogP contribution in [0.25, 0.3) is 0 Å². The van der Waals surface area contributed by atoms with E-state index in [0.29, 0.717) is 12.2 Å². The summed E-state index contributed by atoms with van der Waals surface area (Å²) in [5, 5.41) is 5.41. The second kappa shape index (κ2) is 8.49. The lowest BCUT2D eigenvalue weighted by atomic mass is 10.2. The van der Waals surface area contributed by atoms with Crippen molar-refractivity contribution in [1.82, 2.24) is 5.32 Å². The molecule has 8 heteroatoms.